The van der Waals surface area contributed by atoms with Crippen LogP contribution in [0.15, 0.2) is 36.4 Å². The van der Waals surface area contributed by atoms with Crippen molar-refractivity contribution in [3.8, 4) is 0 Å². The summed E-state index contributed by atoms with van der Waals surface area (Å²) in [5.74, 6) is 0. The lowest BCUT2D eigenvalue weighted by atomic mass is 9.96. The van der Waals surface area contributed by atoms with Crippen LogP contribution in [-0.2, 0) is 12.8 Å². The lowest BCUT2D eigenvalue weighted by molar-refractivity contribution is 0.664. The minimum Gasteiger partial charge on any atom is -0.327 e. The molecule has 2 aromatic rings. The summed E-state index contributed by atoms with van der Waals surface area (Å²) >= 11 is 0. The maximum Gasteiger partial charge on any atom is 0.0120 e. The van der Waals surface area contributed by atoms with Crippen molar-refractivity contribution in [2.45, 2.75) is 46.6 Å². The molecule has 1 nitrogen and oxygen atoms in total. The van der Waals surface area contributed by atoms with Crippen molar-refractivity contribution in [3.05, 3.63) is 69.8 Å². The van der Waals surface area contributed by atoms with Gasteiger partial charge in [0.15, 0.2) is 0 Å². The minimum absolute atomic E-state index is 0.178. The largest absolute Gasteiger partial charge is 0.327 e. The van der Waals surface area contributed by atoms with Crippen molar-refractivity contribution >= 4 is 0 Å². The molecule has 2 rings (SSSR count). The smallest absolute Gasteiger partial charge is 0.0120 e. The monoisotopic (exact) mass is 267 g/mol. The second-order valence-corrected chi connectivity index (χ2v) is 6.16. The van der Waals surface area contributed by atoms with Gasteiger partial charge in [-0.2, -0.15) is 0 Å². The van der Waals surface area contributed by atoms with Crippen LogP contribution in [0.5, 0.6) is 0 Å². The molecule has 0 aliphatic carbocycles. The molecule has 0 amide bonds. The first-order valence-corrected chi connectivity index (χ1v) is 7.32. The number of hydrogen-bond donors (Lipinski definition) is 1. The minimum atomic E-state index is 0.178. The SMILES string of the molecule is Cc1cc(C)cc(CC(N)Cc2cc(C)cc(C)c2)c1. The van der Waals surface area contributed by atoms with E-state index in [1.165, 1.54) is 33.4 Å². The second kappa shape index (κ2) is 6.23. The molecule has 0 saturated heterocycles. The van der Waals surface area contributed by atoms with Crippen LogP contribution in [-0.4, -0.2) is 6.04 Å². The Morgan fingerprint density at radius 2 is 0.950 bits per heavy atom. The van der Waals surface area contributed by atoms with E-state index in [1.807, 2.05) is 0 Å². The van der Waals surface area contributed by atoms with Crippen molar-refractivity contribution in [1.29, 1.82) is 0 Å². The van der Waals surface area contributed by atoms with Gasteiger partial charge in [0.05, 0.1) is 0 Å². The summed E-state index contributed by atoms with van der Waals surface area (Å²) in [7, 11) is 0. The molecule has 0 unspecified atom stereocenters. The molecule has 1 heteroatoms. The van der Waals surface area contributed by atoms with Crippen molar-refractivity contribution in [2.24, 2.45) is 5.73 Å². The summed E-state index contributed by atoms with van der Waals surface area (Å²) in [4.78, 5) is 0. The van der Waals surface area contributed by atoms with Gasteiger partial charge in [0.2, 0.25) is 0 Å². The highest BCUT2D eigenvalue weighted by molar-refractivity contribution is 5.31. The second-order valence-electron chi connectivity index (χ2n) is 6.16. The fraction of sp³-hybridized carbons (Fsp3) is 0.368. The van der Waals surface area contributed by atoms with Gasteiger partial charge in [-0.15, -0.1) is 0 Å². The molecule has 0 fully saturated rings. The van der Waals surface area contributed by atoms with Crippen molar-refractivity contribution < 1.29 is 0 Å². The molecule has 0 atom stereocenters. The topological polar surface area (TPSA) is 26.0 Å². The summed E-state index contributed by atoms with van der Waals surface area (Å²) in [6.45, 7) is 8.58. The van der Waals surface area contributed by atoms with Gasteiger partial charge in [0.25, 0.3) is 0 Å². The molecule has 2 N–H and O–H groups in total. The van der Waals surface area contributed by atoms with E-state index in [2.05, 4.69) is 64.1 Å². The molecule has 0 heterocycles. The lowest BCUT2D eigenvalue weighted by Crippen LogP contribution is -2.25. The van der Waals surface area contributed by atoms with Crippen LogP contribution in [0.1, 0.15) is 33.4 Å². The van der Waals surface area contributed by atoms with Crippen LogP contribution in [0.4, 0.5) is 0 Å². The molecule has 0 radical (unpaired) electrons. The van der Waals surface area contributed by atoms with Crippen molar-refractivity contribution in [2.75, 3.05) is 0 Å². The van der Waals surface area contributed by atoms with E-state index in [0.29, 0.717) is 0 Å². The van der Waals surface area contributed by atoms with Crippen LogP contribution < -0.4 is 5.73 Å². The van der Waals surface area contributed by atoms with E-state index in [4.69, 9.17) is 5.73 Å². The first-order valence-electron chi connectivity index (χ1n) is 7.32. The quantitative estimate of drug-likeness (QED) is 0.889. The fourth-order valence-corrected chi connectivity index (χ4v) is 3.05. The Morgan fingerprint density at radius 1 is 0.650 bits per heavy atom. The van der Waals surface area contributed by atoms with E-state index >= 15 is 0 Å². The maximum absolute atomic E-state index is 6.34. The normalized spacial score (nSPS) is 11.1. The van der Waals surface area contributed by atoms with Crippen LogP contribution in [0.2, 0.25) is 0 Å². The molecule has 2 aromatic carbocycles. The average Bonchev–Trinajstić information content (AvgIpc) is 2.24. The molecule has 0 aromatic heterocycles. The zero-order chi connectivity index (χ0) is 14.7. The number of nitrogens with two attached hydrogens (primary N) is 1. The summed E-state index contributed by atoms with van der Waals surface area (Å²) in [5.41, 5.74) is 14.3. The molecular weight excluding hydrogens is 242 g/mol. The zero-order valence-electron chi connectivity index (χ0n) is 13.0. The maximum atomic E-state index is 6.34. The Balaban J connectivity index is 2.06. The molecule has 0 aliphatic rings. The van der Waals surface area contributed by atoms with Crippen LogP contribution in [0.3, 0.4) is 0 Å². The van der Waals surface area contributed by atoms with Gasteiger partial charge in [-0.05, 0) is 51.7 Å². The summed E-state index contributed by atoms with van der Waals surface area (Å²) in [6.07, 6.45) is 1.88. The van der Waals surface area contributed by atoms with Crippen LogP contribution >= 0.6 is 0 Å². The molecular formula is C19H25N. The van der Waals surface area contributed by atoms with Gasteiger partial charge < -0.3 is 5.73 Å². The molecule has 0 aliphatic heterocycles. The third kappa shape index (κ3) is 4.21. The first kappa shape index (κ1) is 14.8. The third-order valence-corrected chi connectivity index (χ3v) is 3.56. The number of benzene rings is 2. The van der Waals surface area contributed by atoms with E-state index in [1.54, 1.807) is 0 Å². The predicted molar refractivity (Wildman–Crippen MR) is 87.2 cm³/mol. The summed E-state index contributed by atoms with van der Waals surface area (Å²) < 4.78 is 0. The molecule has 106 valence electrons. The van der Waals surface area contributed by atoms with Gasteiger partial charge in [-0.1, -0.05) is 58.7 Å². The highest BCUT2D eigenvalue weighted by atomic mass is 14.6. The highest BCUT2D eigenvalue weighted by Gasteiger charge is 2.07. The molecule has 0 saturated carbocycles. The standard InChI is InChI=1S/C19H25N/c1-13-5-14(2)8-17(7-13)11-19(20)12-18-9-15(3)6-16(4)10-18/h5-10,19H,11-12,20H2,1-4H3. The Bertz CT molecular complexity index is 505. The van der Waals surface area contributed by atoms with E-state index < -0.39 is 0 Å². The number of rotatable bonds is 4. The van der Waals surface area contributed by atoms with E-state index in [0.717, 1.165) is 12.8 Å². The van der Waals surface area contributed by atoms with Crippen molar-refractivity contribution in [1.82, 2.24) is 0 Å². The zero-order valence-corrected chi connectivity index (χ0v) is 13.0. The number of hydrogen-bond acceptors (Lipinski definition) is 1. The fourth-order valence-electron chi connectivity index (χ4n) is 3.05. The Hall–Kier alpha value is -1.60. The van der Waals surface area contributed by atoms with Crippen LogP contribution in [0.25, 0.3) is 0 Å². The van der Waals surface area contributed by atoms with Gasteiger partial charge in [0, 0.05) is 6.04 Å². The first-order chi connectivity index (χ1) is 9.42. The van der Waals surface area contributed by atoms with Gasteiger partial charge in [-0.3, -0.25) is 0 Å². The predicted octanol–water partition coefficient (Wildman–Crippen LogP) is 4.03. The van der Waals surface area contributed by atoms with Gasteiger partial charge in [0.1, 0.15) is 0 Å². The van der Waals surface area contributed by atoms with E-state index in [-0.39, 0.29) is 6.04 Å². The Kier molecular flexibility index (Phi) is 4.61. The number of aryl methyl sites for hydroxylation is 4. The highest BCUT2D eigenvalue weighted by Crippen LogP contribution is 2.14. The van der Waals surface area contributed by atoms with Gasteiger partial charge in [-0.25, -0.2) is 0 Å². The van der Waals surface area contributed by atoms with Crippen LogP contribution in [0, 0.1) is 27.7 Å². The van der Waals surface area contributed by atoms with Gasteiger partial charge >= 0.3 is 0 Å². The summed E-state index contributed by atoms with van der Waals surface area (Å²) in [6, 6.07) is 13.6. The molecule has 20 heavy (non-hydrogen) atoms. The third-order valence-electron chi connectivity index (χ3n) is 3.56. The molecule has 0 bridgehead atoms. The summed E-state index contributed by atoms with van der Waals surface area (Å²) in [5, 5.41) is 0. The Labute approximate surface area is 122 Å². The average molecular weight is 267 g/mol. The lowest BCUT2D eigenvalue weighted by Gasteiger charge is -2.14. The van der Waals surface area contributed by atoms with E-state index in [9.17, 15) is 0 Å². The molecule has 0 spiro atoms. The Morgan fingerprint density at radius 3 is 1.25 bits per heavy atom. The van der Waals surface area contributed by atoms with Crippen molar-refractivity contribution in [3.63, 3.8) is 0 Å².